The molecular weight excluding hydrogens is 294 g/mol. The van der Waals surface area contributed by atoms with Gasteiger partial charge in [-0.15, -0.1) is 0 Å². The van der Waals surface area contributed by atoms with Crippen molar-refractivity contribution in [3.63, 3.8) is 0 Å². The van der Waals surface area contributed by atoms with E-state index in [1.807, 2.05) is 6.92 Å². The van der Waals surface area contributed by atoms with Gasteiger partial charge in [-0.25, -0.2) is 13.1 Å². The summed E-state index contributed by atoms with van der Waals surface area (Å²) in [5.74, 6) is -0.938. The van der Waals surface area contributed by atoms with Crippen LogP contribution in [-0.4, -0.2) is 35.8 Å². The lowest BCUT2D eigenvalue weighted by molar-refractivity contribution is -0.137. The molecule has 1 heterocycles. The zero-order chi connectivity index (χ0) is 15.8. The summed E-state index contributed by atoms with van der Waals surface area (Å²) in [6.07, 6.45) is 1.98. The molecule has 0 unspecified atom stereocenters. The third-order valence-corrected chi connectivity index (χ3v) is 5.57. The quantitative estimate of drug-likeness (QED) is 0.783. The van der Waals surface area contributed by atoms with E-state index in [4.69, 9.17) is 5.11 Å². The van der Waals surface area contributed by atoms with E-state index in [0.29, 0.717) is 17.9 Å². The average Bonchev–Trinajstić information content (AvgIpc) is 3.02. The first-order valence-corrected chi connectivity index (χ1v) is 8.38. The summed E-state index contributed by atoms with van der Waals surface area (Å²) < 4.78 is 28.9. The molecule has 1 aromatic heterocycles. The monoisotopic (exact) mass is 315 g/mol. The molecule has 0 aromatic carbocycles. The molecule has 2 rings (SSSR count). The van der Waals surface area contributed by atoms with Crippen LogP contribution in [-0.2, 0) is 21.4 Å². The minimum Gasteiger partial charge on any atom is -0.481 e. The second-order valence-electron chi connectivity index (χ2n) is 6.00. The SMILES string of the molecule is Cc1nn(CCC(=O)O)c(C)c1S(=O)(=O)NCC1(C)CC1. The summed E-state index contributed by atoms with van der Waals surface area (Å²) in [5.41, 5.74) is 0.947. The molecule has 0 atom stereocenters. The van der Waals surface area contributed by atoms with Crippen LogP contribution >= 0.6 is 0 Å². The Balaban J connectivity index is 2.19. The number of aromatic nitrogens is 2. The van der Waals surface area contributed by atoms with E-state index in [9.17, 15) is 13.2 Å². The summed E-state index contributed by atoms with van der Waals surface area (Å²) in [6, 6.07) is 0. The van der Waals surface area contributed by atoms with Crippen LogP contribution in [0.3, 0.4) is 0 Å². The second-order valence-corrected chi connectivity index (χ2v) is 7.71. The number of carboxylic acids is 1. The molecule has 0 bridgehead atoms. The lowest BCUT2D eigenvalue weighted by Crippen LogP contribution is -2.30. The Morgan fingerprint density at radius 1 is 1.43 bits per heavy atom. The van der Waals surface area contributed by atoms with Crippen molar-refractivity contribution < 1.29 is 18.3 Å². The average molecular weight is 315 g/mol. The van der Waals surface area contributed by atoms with E-state index in [1.54, 1.807) is 13.8 Å². The maximum Gasteiger partial charge on any atom is 0.305 e. The molecule has 2 N–H and O–H groups in total. The normalized spacial score (nSPS) is 16.9. The zero-order valence-corrected chi connectivity index (χ0v) is 13.3. The number of carbonyl (C=O) groups is 1. The molecule has 7 nitrogen and oxygen atoms in total. The molecule has 1 aliphatic carbocycles. The molecule has 1 aliphatic rings. The van der Waals surface area contributed by atoms with Crippen LogP contribution in [0.4, 0.5) is 0 Å². The molecule has 1 aromatic rings. The number of aliphatic carboxylic acids is 1. The molecule has 0 aliphatic heterocycles. The van der Waals surface area contributed by atoms with Crippen molar-refractivity contribution in [2.45, 2.75) is 51.5 Å². The highest BCUT2D eigenvalue weighted by molar-refractivity contribution is 7.89. The van der Waals surface area contributed by atoms with Crippen molar-refractivity contribution in [2.75, 3.05) is 6.54 Å². The standard InChI is InChI=1S/C13H21N3O4S/c1-9-12(10(2)16(15-9)7-4-11(17)18)21(19,20)14-8-13(3)5-6-13/h14H,4-8H2,1-3H3,(H,17,18). The zero-order valence-electron chi connectivity index (χ0n) is 12.5. The predicted octanol–water partition coefficient (Wildman–Crippen LogP) is 1.05. The van der Waals surface area contributed by atoms with Gasteiger partial charge in [0.05, 0.1) is 24.4 Å². The Labute approximate surface area is 124 Å². The van der Waals surface area contributed by atoms with E-state index < -0.39 is 16.0 Å². The summed E-state index contributed by atoms with van der Waals surface area (Å²) in [6.45, 7) is 5.90. The van der Waals surface area contributed by atoms with Gasteiger partial charge in [-0.3, -0.25) is 9.48 Å². The van der Waals surface area contributed by atoms with Gasteiger partial charge < -0.3 is 5.11 Å². The number of sulfonamides is 1. The number of nitrogens with one attached hydrogen (secondary N) is 1. The predicted molar refractivity (Wildman–Crippen MR) is 76.5 cm³/mol. The number of carboxylic acid groups (broad SMARTS) is 1. The van der Waals surface area contributed by atoms with Gasteiger partial charge >= 0.3 is 5.97 Å². The van der Waals surface area contributed by atoms with Gasteiger partial charge in [0, 0.05) is 6.54 Å². The summed E-state index contributed by atoms with van der Waals surface area (Å²) in [7, 11) is -3.61. The summed E-state index contributed by atoms with van der Waals surface area (Å²) in [4.78, 5) is 10.8. The first-order chi connectivity index (χ1) is 9.65. The van der Waals surface area contributed by atoms with Crippen molar-refractivity contribution in [1.82, 2.24) is 14.5 Å². The number of hydrogen-bond acceptors (Lipinski definition) is 4. The first-order valence-electron chi connectivity index (χ1n) is 6.90. The van der Waals surface area contributed by atoms with Crippen LogP contribution in [0.25, 0.3) is 0 Å². The Hall–Kier alpha value is -1.41. The van der Waals surface area contributed by atoms with E-state index in [0.717, 1.165) is 12.8 Å². The molecule has 0 saturated heterocycles. The number of rotatable bonds is 7. The van der Waals surface area contributed by atoms with Crippen molar-refractivity contribution in [2.24, 2.45) is 5.41 Å². The van der Waals surface area contributed by atoms with Gasteiger partial charge in [-0.05, 0) is 32.1 Å². The third kappa shape index (κ3) is 3.62. The van der Waals surface area contributed by atoms with Gasteiger partial charge in [0.1, 0.15) is 4.90 Å². The highest BCUT2D eigenvalue weighted by Crippen LogP contribution is 2.44. The van der Waals surface area contributed by atoms with Crippen molar-refractivity contribution in [1.29, 1.82) is 0 Å². The fourth-order valence-corrected chi connectivity index (χ4v) is 3.83. The maximum absolute atomic E-state index is 12.4. The Bertz CT molecular complexity index is 659. The highest BCUT2D eigenvalue weighted by Gasteiger charge is 2.38. The Morgan fingerprint density at radius 3 is 2.57 bits per heavy atom. The van der Waals surface area contributed by atoms with Crippen LogP contribution in [0, 0.1) is 19.3 Å². The third-order valence-electron chi connectivity index (χ3n) is 3.91. The van der Waals surface area contributed by atoms with Gasteiger partial charge in [-0.1, -0.05) is 6.92 Å². The molecule has 118 valence electrons. The van der Waals surface area contributed by atoms with E-state index in [1.165, 1.54) is 4.68 Å². The molecule has 0 spiro atoms. The van der Waals surface area contributed by atoms with E-state index in [2.05, 4.69) is 9.82 Å². The molecule has 0 radical (unpaired) electrons. The van der Waals surface area contributed by atoms with Crippen molar-refractivity contribution >= 4 is 16.0 Å². The number of hydrogen-bond donors (Lipinski definition) is 2. The van der Waals surface area contributed by atoms with Crippen LogP contribution in [0.5, 0.6) is 0 Å². The number of nitrogens with zero attached hydrogens (tertiary/aromatic N) is 2. The highest BCUT2D eigenvalue weighted by atomic mass is 32.2. The van der Waals surface area contributed by atoms with Gasteiger partial charge in [0.15, 0.2) is 0 Å². The molecule has 21 heavy (non-hydrogen) atoms. The lowest BCUT2D eigenvalue weighted by atomic mass is 10.2. The Kier molecular flexibility index (Phi) is 4.12. The molecule has 1 saturated carbocycles. The van der Waals surface area contributed by atoms with Crippen LogP contribution < -0.4 is 4.72 Å². The van der Waals surface area contributed by atoms with Gasteiger partial charge in [0.25, 0.3) is 0 Å². The topological polar surface area (TPSA) is 101 Å². The summed E-state index contributed by atoms with van der Waals surface area (Å²) >= 11 is 0. The van der Waals surface area contributed by atoms with Crippen LogP contribution in [0.15, 0.2) is 4.90 Å². The first kappa shape index (κ1) is 16.0. The fraction of sp³-hybridized carbons (Fsp3) is 0.692. The van der Waals surface area contributed by atoms with Gasteiger partial charge in [-0.2, -0.15) is 5.10 Å². The van der Waals surface area contributed by atoms with E-state index >= 15 is 0 Å². The molecule has 1 fully saturated rings. The number of aryl methyl sites for hydroxylation is 2. The molecule has 8 heteroatoms. The minimum atomic E-state index is -3.61. The largest absolute Gasteiger partial charge is 0.481 e. The molecule has 0 amide bonds. The smallest absolute Gasteiger partial charge is 0.305 e. The minimum absolute atomic E-state index is 0.0776. The fourth-order valence-electron chi connectivity index (χ4n) is 2.22. The van der Waals surface area contributed by atoms with Crippen molar-refractivity contribution in [3.8, 4) is 0 Å². The van der Waals surface area contributed by atoms with Crippen LogP contribution in [0.1, 0.15) is 37.6 Å². The van der Waals surface area contributed by atoms with E-state index in [-0.39, 0.29) is 23.3 Å². The second kappa shape index (κ2) is 5.42. The van der Waals surface area contributed by atoms with Gasteiger partial charge in [0.2, 0.25) is 10.0 Å². The lowest BCUT2D eigenvalue weighted by Gasteiger charge is -2.11. The maximum atomic E-state index is 12.4. The van der Waals surface area contributed by atoms with Crippen molar-refractivity contribution in [3.05, 3.63) is 11.4 Å². The molecular formula is C13H21N3O4S. The Morgan fingerprint density at radius 2 is 2.05 bits per heavy atom. The summed E-state index contributed by atoms with van der Waals surface area (Å²) in [5, 5.41) is 12.9. The van der Waals surface area contributed by atoms with Crippen LogP contribution in [0.2, 0.25) is 0 Å².